The van der Waals surface area contributed by atoms with Crippen molar-refractivity contribution in [3.8, 4) is 28.4 Å². The molecular weight excluding hydrogens is 604 g/mol. The minimum Gasteiger partial charge on any atom is -0.494 e. The summed E-state index contributed by atoms with van der Waals surface area (Å²) in [4.78, 5) is 35.8. The number of aliphatic hydroxyl groups is 1. The van der Waals surface area contributed by atoms with Crippen molar-refractivity contribution in [2.24, 2.45) is 24.6 Å². The zero-order valence-corrected chi connectivity index (χ0v) is 27.1. The van der Waals surface area contributed by atoms with E-state index in [4.69, 9.17) is 15.5 Å². The molecule has 6 aromatic rings. The first-order valence-electron chi connectivity index (χ1n) is 16.8. The number of carbonyl (C=O) groups excluding carboxylic acids is 1. The fourth-order valence-electron chi connectivity index (χ4n) is 8.28. The summed E-state index contributed by atoms with van der Waals surface area (Å²) in [6, 6.07) is 20.0. The standard InChI is InChI=1S/C38H38N6O4/c1-42-36-29(12-25(15-33(36)48-2)38(47)44-18-24-8-10-30(44)35(24)39)41-37(42)32-14-23-6-5-22(13-31(23)43(32)17-20-3-4-20)21-7-9-28-27(11-21)26(19-45)16-34(46)40-28/h5-7,9,11-16,20,24,30,35,45H,3-4,8,10,17-19,39H2,1-2H3,(H,40,46)/t24-,30-,35-/m1/s1. The SMILES string of the molecule is COc1cc(C(=O)N2C[C@H]3CC[C@@H]2[C@@H]3N)cc2nc(-c3cc4ccc(-c5ccc6[nH]c(=O)cc(CO)c6c5)cc4n3CC3CC3)n(C)c12. The zero-order chi connectivity index (χ0) is 32.8. The van der Waals surface area contributed by atoms with Crippen LogP contribution in [0.4, 0.5) is 0 Å². The van der Waals surface area contributed by atoms with Gasteiger partial charge in [-0.2, -0.15) is 0 Å². The van der Waals surface area contributed by atoms with Gasteiger partial charge in [0.25, 0.3) is 5.91 Å². The highest BCUT2D eigenvalue weighted by atomic mass is 16.5. The number of aromatic amines is 1. The fraction of sp³-hybridized carbons (Fsp3) is 0.342. The summed E-state index contributed by atoms with van der Waals surface area (Å²) in [5, 5.41) is 11.9. The number of nitrogens with two attached hydrogens (primary N) is 1. The molecule has 244 valence electrons. The Hall–Kier alpha value is -4.93. The highest BCUT2D eigenvalue weighted by Crippen LogP contribution is 2.41. The summed E-state index contributed by atoms with van der Waals surface area (Å²) in [6.07, 6.45) is 4.46. The number of ether oxygens (including phenoxy) is 1. The number of nitrogens with zero attached hydrogens (tertiary/aromatic N) is 4. The first-order chi connectivity index (χ1) is 23.3. The Morgan fingerprint density at radius 1 is 1.04 bits per heavy atom. The van der Waals surface area contributed by atoms with Crippen LogP contribution in [-0.2, 0) is 20.2 Å². The number of rotatable bonds is 7. The largest absolute Gasteiger partial charge is 0.494 e. The molecule has 3 aliphatic rings. The number of pyridine rings is 1. The maximum Gasteiger partial charge on any atom is 0.254 e. The number of likely N-dealkylation sites (tertiary alicyclic amines) is 1. The molecule has 3 fully saturated rings. The van der Waals surface area contributed by atoms with Crippen LogP contribution in [0.3, 0.4) is 0 Å². The number of fused-ring (bicyclic) bond motifs is 5. The topological polar surface area (TPSA) is 131 Å². The first kappa shape index (κ1) is 29.2. The lowest BCUT2D eigenvalue weighted by Crippen LogP contribution is -2.41. The summed E-state index contributed by atoms with van der Waals surface area (Å²) in [6.45, 7) is 1.39. The number of aryl methyl sites for hydroxylation is 1. The van der Waals surface area contributed by atoms with E-state index < -0.39 is 0 Å². The van der Waals surface area contributed by atoms with Crippen LogP contribution in [0.25, 0.3) is 55.5 Å². The average Bonchev–Trinajstić information content (AvgIpc) is 3.50. The number of H-pyrrole nitrogens is 1. The Morgan fingerprint density at radius 3 is 2.58 bits per heavy atom. The average molecular weight is 643 g/mol. The number of aliphatic hydroxyl groups excluding tert-OH is 1. The lowest BCUT2D eigenvalue weighted by molar-refractivity contribution is 0.0700. The highest BCUT2D eigenvalue weighted by Gasteiger charge is 2.47. The van der Waals surface area contributed by atoms with E-state index in [1.54, 1.807) is 7.11 Å². The van der Waals surface area contributed by atoms with Crippen molar-refractivity contribution in [2.75, 3.05) is 13.7 Å². The number of hydrogen-bond donors (Lipinski definition) is 3. The number of benzene rings is 3. The van der Waals surface area contributed by atoms with E-state index in [1.807, 2.05) is 42.3 Å². The molecule has 3 aromatic carbocycles. The van der Waals surface area contributed by atoms with E-state index in [2.05, 4.69) is 38.4 Å². The van der Waals surface area contributed by atoms with Crippen LogP contribution in [0.2, 0.25) is 0 Å². The molecule has 48 heavy (non-hydrogen) atoms. The third kappa shape index (κ3) is 4.50. The molecule has 1 amide bonds. The van der Waals surface area contributed by atoms with Gasteiger partial charge in [0.1, 0.15) is 11.3 Å². The van der Waals surface area contributed by atoms with Gasteiger partial charge in [0.05, 0.1) is 24.9 Å². The number of carbonyl (C=O) groups is 1. The lowest BCUT2D eigenvalue weighted by Gasteiger charge is -2.27. The predicted molar refractivity (Wildman–Crippen MR) is 186 cm³/mol. The second-order valence-corrected chi connectivity index (χ2v) is 13.9. The van der Waals surface area contributed by atoms with Crippen LogP contribution in [0, 0.1) is 11.8 Å². The Balaban J connectivity index is 1.15. The molecule has 10 heteroatoms. The second-order valence-electron chi connectivity index (χ2n) is 13.9. The van der Waals surface area contributed by atoms with Crippen molar-refractivity contribution in [1.29, 1.82) is 0 Å². The van der Waals surface area contributed by atoms with Gasteiger partial charge in [0.2, 0.25) is 5.56 Å². The van der Waals surface area contributed by atoms with Gasteiger partial charge in [0, 0.05) is 65.7 Å². The monoisotopic (exact) mass is 642 g/mol. The van der Waals surface area contributed by atoms with Crippen LogP contribution in [0.15, 0.2) is 65.5 Å². The van der Waals surface area contributed by atoms with Gasteiger partial charge < -0.3 is 34.6 Å². The summed E-state index contributed by atoms with van der Waals surface area (Å²) < 4.78 is 10.3. The van der Waals surface area contributed by atoms with E-state index in [9.17, 15) is 14.7 Å². The van der Waals surface area contributed by atoms with E-state index in [0.717, 1.165) is 69.4 Å². The minimum atomic E-state index is -0.225. The number of nitrogens with one attached hydrogen (secondary N) is 1. The van der Waals surface area contributed by atoms with Crippen LogP contribution in [-0.4, -0.2) is 60.8 Å². The quantitative estimate of drug-likeness (QED) is 0.220. The molecule has 4 heterocycles. The summed E-state index contributed by atoms with van der Waals surface area (Å²) in [7, 11) is 3.65. The minimum absolute atomic E-state index is 0.00779. The van der Waals surface area contributed by atoms with E-state index in [0.29, 0.717) is 40.8 Å². The van der Waals surface area contributed by atoms with Crippen molar-refractivity contribution < 1.29 is 14.6 Å². The third-order valence-corrected chi connectivity index (χ3v) is 11.0. The Bertz CT molecular complexity index is 2350. The molecule has 10 nitrogen and oxygen atoms in total. The normalized spacial score (nSPS) is 20.5. The number of amides is 1. The van der Waals surface area contributed by atoms with Gasteiger partial charge >= 0.3 is 0 Å². The summed E-state index contributed by atoms with van der Waals surface area (Å²) in [5.41, 5.74) is 13.9. The first-order valence-corrected chi connectivity index (χ1v) is 16.8. The number of piperidine rings is 1. The van der Waals surface area contributed by atoms with Gasteiger partial charge in [-0.05, 0) is 90.6 Å². The zero-order valence-electron chi connectivity index (χ0n) is 27.1. The molecule has 2 saturated carbocycles. The number of imidazole rings is 1. The van der Waals surface area contributed by atoms with E-state index in [-0.39, 0.29) is 30.2 Å². The van der Waals surface area contributed by atoms with Crippen molar-refractivity contribution in [1.82, 2.24) is 24.0 Å². The molecule has 2 aliphatic carbocycles. The molecule has 0 radical (unpaired) electrons. The maximum absolute atomic E-state index is 13.8. The molecule has 3 aromatic heterocycles. The number of methoxy groups -OCH3 is 1. The molecule has 0 unspecified atom stereocenters. The molecular formula is C38H38N6O4. The van der Waals surface area contributed by atoms with Crippen LogP contribution >= 0.6 is 0 Å². The van der Waals surface area contributed by atoms with Gasteiger partial charge in [-0.25, -0.2) is 4.98 Å². The molecule has 1 aliphatic heterocycles. The van der Waals surface area contributed by atoms with Crippen molar-refractivity contribution in [3.05, 3.63) is 82.1 Å². The van der Waals surface area contributed by atoms with E-state index in [1.165, 1.54) is 18.9 Å². The van der Waals surface area contributed by atoms with Gasteiger partial charge in [-0.1, -0.05) is 18.2 Å². The van der Waals surface area contributed by atoms with Crippen LogP contribution in [0.5, 0.6) is 5.75 Å². The van der Waals surface area contributed by atoms with E-state index >= 15 is 0 Å². The van der Waals surface area contributed by atoms with Crippen molar-refractivity contribution in [3.63, 3.8) is 0 Å². The maximum atomic E-state index is 13.8. The fourth-order valence-corrected chi connectivity index (χ4v) is 8.28. The Labute approximate surface area is 276 Å². The van der Waals surface area contributed by atoms with Crippen LogP contribution in [0.1, 0.15) is 41.6 Å². The smallest absolute Gasteiger partial charge is 0.254 e. The number of hydrogen-bond acceptors (Lipinski definition) is 6. The molecule has 9 rings (SSSR count). The lowest BCUT2D eigenvalue weighted by atomic mass is 10.00. The molecule has 2 bridgehead atoms. The molecule has 3 atom stereocenters. The molecule has 4 N–H and O–H groups in total. The highest BCUT2D eigenvalue weighted by molar-refractivity contribution is 6.01. The Morgan fingerprint density at radius 2 is 1.85 bits per heavy atom. The van der Waals surface area contributed by atoms with Crippen molar-refractivity contribution >= 4 is 38.7 Å². The number of aromatic nitrogens is 4. The van der Waals surface area contributed by atoms with Crippen molar-refractivity contribution in [2.45, 2.75) is 50.9 Å². The summed E-state index contributed by atoms with van der Waals surface area (Å²) >= 11 is 0. The third-order valence-electron chi connectivity index (χ3n) is 11.0. The van der Waals surface area contributed by atoms with Gasteiger partial charge in [-0.3, -0.25) is 9.59 Å². The predicted octanol–water partition coefficient (Wildman–Crippen LogP) is 5.18. The summed E-state index contributed by atoms with van der Waals surface area (Å²) in [5.74, 6) is 2.42. The van der Waals surface area contributed by atoms with Gasteiger partial charge in [-0.15, -0.1) is 0 Å². The molecule has 1 saturated heterocycles. The Kier molecular flexibility index (Phi) is 6.57. The molecule has 0 spiro atoms. The van der Waals surface area contributed by atoms with Gasteiger partial charge in [0.15, 0.2) is 5.82 Å². The second kappa shape index (κ2) is 10.8. The van der Waals surface area contributed by atoms with Crippen LogP contribution < -0.4 is 16.0 Å².